The summed E-state index contributed by atoms with van der Waals surface area (Å²) in [4.78, 5) is 26.1. The normalized spacial score (nSPS) is 14.2. The Hall–Kier alpha value is -4.62. The van der Waals surface area contributed by atoms with Gasteiger partial charge in [-0.05, 0) is 44.2 Å². The molecule has 14 heteroatoms. The molecule has 1 aliphatic heterocycles. The first-order valence-electron chi connectivity index (χ1n) is 14.2. The number of methoxy groups -OCH3 is 1. The van der Waals surface area contributed by atoms with Crippen molar-refractivity contribution in [2.75, 3.05) is 25.5 Å². The maximum Gasteiger partial charge on any atom is 0.418 e. The number of nitrogens with one attached hydrogen (secondary N) is 1. The van der Waals surface area contributed by atoms with Gasteiger partial charge in [0.05, 0.1) is 35.0 Å². The molecule has 1 amide bonds. The Balaban J connectivity index is 1.46. The molecule has 242 valence electrons. The summed E-state index contributed by atoms with van der Waals surface area (Å²) in [7, 11) is 1.52. The van der Waals surface area contributed by atoms with Gasteiger partial charge in [0.15, 0.2) is 11.5 Å². The minimum Gasteiger partial charge on any atom is -0.493 e. The summed E-state index contributed by atoms with van der Waals surface area (Å²) < 4.78 is 57.2. The third-order valence-electron chi connectivity index (χ3n) is 7.40. The first-order valence-corrected chi connectivity index (χ1v) is 14.6. The number of carbonyl (C=O) groups is 1. The van der Waals surface area contributed by atoms with Crippen LogP contribution in [0, 0.1) is 0 Å². The molecular formula is C32H31ClF3N5O5. The van der Waals surface area contributed by atoms with Crippen LogP contribution in [0.3, 0.4) is 0 Å². The minimum atomic E-state index is -4.61. The Morgan fingerprint density at radius 2 is 1.83 bits per heavy atom. The second kappa shape index (κ2) is 13.0. The van der Waals surface area contributed by atoms with Gasteiger partial charge in [-0.2, -0.15) is 13.2 Å². The van der Waals surface area contributed by atoms with Crippen molar-refractivity contribution in [2.24, 2.45) is 0 Å². The van der Waals surface area contributed by atoms with E-state index in [0.717, 1.165) is 12.3 Å². The maximum absolute atomic E-state index is 13.2. The van der Waals surface area contributed by atoms with E-state index in [0.29, 0.717) is 71.6 Å². The number of hydrogen-bond donors (Lipinski definition) is 2. The fraction of sp³-hybridized carbons (Fsp3) is 0.312. The lowest BCUT2D eigenvalue weighted by molar-refractivity contribution is -0.138. The number of aromatic nitrogens is 3. The maximum atomic E-state index is 13.2. The highest BCUT2D eigenvalue weighted by Gasteiger charge is 2.32. The molecule has 3 heterocycles. The third kappa shape index (κ3) is 7.26. The van der Waals surface area contributed by atoms with Gasteiger partial charge in [0, 0.05) is 54.8 Å². The molecule has 0 atom stereocenters. The van der Waals surface area contributed by atoms with Gasteiger partial charge < -0.3 is 29.5 Å². The van der Waals surface area contributed by atoms with Crippen LogP contribution in [0.1, 0.15) is 37.8 Å². The van der Waals surface area contributed by atoms with E-state index in [9.17, 15) is 23.1 Å². The Morgan fingerprint density at radius 1 is 1.09 bits per heavy atom. The van der Waals surface area contributed by atoms with Crippen LogP contribution in [-0.2, 0) is 16.6 Å². The van der Waals surface area contributed by atoms with E-state index in [1.807, 2.05) is 0 Å². The van der Waals surface area contributed by atoms with E-state index >= 15 is 0 Å². The van der Waals surface area contributed by atoms with Crippen molar-refractivity contribution in [3.05, 3.63) is 77.9 Å². The second-order valence-electron chi connectivity index (χ2n) is 11.1. The zero-order chi connectivity index (χ0) is 33.2. The number of amides is 1. The lowest BCUT2D eigenvalue weighted by atomic mass is 9.96. The van der Waals surface area contributed by atoms with Crippen LogP contribution in [0.5, 0.6) is 23.0 Å². The lowest BCUT2D eigenvalue weighted by Gasteiger charge is -2.31. The van der Waals surface area contributed by atoms with E-state index in [1.165, 1.54) is 31.6 Å². The molecule has 46 heavy (non-hydrogen) atoms. The Labute approximate surface area is 267 Å². The fourth-order valence-corrected chi connectivity index (χ4v) is 5.25. The molecule has 2 aromatic carbocycles. The van der Waals surface area contributed by atoms with Gasteiger partial charge in [0.1, 0.15) is 29.7 Å². The number of hydrogen-bond acceptors (Lipinski definition) is 9. The number of carbonyl (C=O) groups excluding carboxylic acids is 1. The van der Waals surface area contributed by atoms with Crippen LogP contribution in [0.25, 0.3) is 10.9 Å². The molecule has 1 fully saturated rings. The summed E-state index contributed by atoms with van der Waals surface area (Å²) in [5, 5.41) is 14.9. The number of rotatable bonds is 9. The molecule has 0 bridgehead atoms. The number of aliphatic hydroxyl groups is 1. The quantitative estimate of drug-likeness (QED) is 0.183. The molecule has 0 aliphatic carbocycles. The van der Waals surface area contributed by atoms with Gasteiger partial charge >= 0.3 is 6.18 Å². The smallest absolute Gasteiger partial charge is 0.418 e. The molecule has 2 aromatic heterocycles. The van der Waals surface area contributed by atoms with Crippen LogP contribution in [0.15, 0.2) is 61.7 Å². The van der Waals surface area contributed by atoms with Crippen LogP contribution in [-0.4, -0.2) is 57.2 Å². The van der Waals surface area contributed by atoms with Gasteiger partial charge in [0.2, 0.25) is 5.91 Å². The van der Waals surface area contributed by atoms with Crippen molar-refractivity contribution in [1.82, 2.24) is 19.9 Å². The number of nitrogens with zero attached hydrogens (tertiary/aromatic N) is 4. The van der Waals surface area contributed by atoms with Crippen LogP contribution in [0.4, 0.5) is 24.7 Å². The number of halogens is 4. The number of ether oxygens (including phenoxy) is 3. The van der Waals surface area contributed by atoms with E-state index in [1.54, 1.807) is 30.9 Å². The first kappa shape index (κ1) is 32.8. The van der Waals surface area contributed by atoms with Gasteiger partial charge in [0.25, 0.3) is 0 Å². The Bertz CT molecular complexity index is 1770. The summed E-state index contributed by atoms with van der Waals surface area (Å²) in [6.45, 7) is 7.70. The zero-order valence-electron chi connectivity index (χ0n) is 25.2. The predicted molar refractivity (Wildman–Crippen MR) is 166 cm³/mol. The largest absolute Gasteiger partial charge is 0.493 e. The molecule has 4 aromatic rings. The summed E-state index contributed by atoms with van der Waals surface area (Å²) >= 11 is 6.54. The predicted octanol–water partition coefficient (Wildman–Crippen LogP) is 7.02. The number of likely N-dealkylation sites (tertiary alicyclic amines) is 1. The topological polar surface area (TPSA) is 119 Å². The number of piperidine rings is 1. The highest BCUT2D eigenvalue weighted by molar-refractivity contribution is 6.32. The SMILES string of the molecule is C=CC(=O)N1CCC(Oc2cc3c(Nc4cc(Cl)c(Oc5cncc(C(F)(F)F)c5)cc4C(C)(C)O)ncnc3cc2OC)CC1. The summed E-state index contributed by atoms with van der Waals surface area (Å²) in [5.41, 5.74) is -1.19. The lowest BCUT2D eigenvalue weighted by Crippen LogP contribution is -2.41. The van der Waals surface area contributed by atoms with E-state index in [-0.39, 0.29) is 28.5 Å². The standard InChI is InChI=1S/C32H31ClF3N5O5/c1-5-29(42)41-8-6-19(7-9-41)45-28-11-21-24(14-27(28)44-4)38-17-39-30(21)40-25-13-23(33)26(12-22(25)31(2,3)43)46-20-10-18(15-37-16-20)32(34,35)36/h5,10-17,19,43H,1,6-9H2,2-4H3,(H,38,39,40). The van der Waals surface area contributed by atoms with Crippen molar-refractivity contribution >= 4 is 39.9 Å². The highest BCUT2D eigenvalue weighted by Crippen LogP contribution is 2.42. The molecule has 2 N–H and O–H groups in total. The minimum absolute atomic E-state index is 0.0132. The molecule has 0 saturated carbocycles. The molecule has 0 spiro atoms. The van der Waals surface area contributed by atoms with E-state index < -0.39 is 17.3 Å². The molecule has 0 unspecified atom stereocenters. The first-order chi connectivity index (χ1) is 21.8. The fourth-order valence-electron chi connectivity index (χ4n) is 5.04. The molecule has 1 saturated heterocycles. The molecule has 1 aliphatic rings. The van der Waals surface area contributed by atoms with Crippen molar-refractivity contribution in [3.8, 4) is 23.0 Å². The van der Waals surface area contributed by atoms with Crippen molar-refractivity contribution in [2.45, 2.75) is 44.6 Å². The van der Waals surface area contributed by atoms with Gasteiger partial charge in [-0.1, -0.05) is 18.2 Å². The van der Waals surface area contributed by atoms with Crippen molar-refractivity contribution < 1.29 is 37.3 Å². The number of anilines is 2. The summed E-state index contributed by atoms with van der Waals surface area (Å²) in [6, 6.07) is 7.21. The third-order valence-corrected chi connectivity index (χ3v) is 7.69. The van der Waals surface area contributed by atoms with Gasteiger partial charge in [-0.25, -0.2) is 9.97 Å². The zero-order valence-corrected chi connectivity index (χ0v) is 25.9. The summed E-state index contributed by atoms with van der Waals surface area (Å²) in [6.07, 6.45) is 0.949. The Kier molecular flexibility index (Phi) is 9.27. The highest BCUT2D eigenvalue weighted by atomic mass is 35.5. The molecule has 10 nitrogen and oxygen atoms in total. The van der Waals surface area contributed by atoms with Crippen LogP contribution >= 0.6 is 11.6 Å². The second-order valence-corrected chi connectivity index (χ2v) is 11.5. The van der Waals surface area contributed by atoms with Crippen molar-refractivity contribution in [1.29, 1.82) is 0 Å². The number of benzene rings is 2. The average Bonchev–Trinajstić information content (AvgIpc) is 3.01. The number of fused-ring (bicyclic) bond motifs is 1. The number of alkyl halides is 3. The molecule has 0 radical (unpaired) electrons. The summed E-state index contributed by atoms with van der Waals surface area (Å²) in [5.74, 6) is 1.00. The molecular weight excluding hydrogens is 627 g/mol. The van der Waals surface area contributed by atoms with Gasteiger partial charge in [-0.3, -0.25) is 9.78 Å². The Morgan fingerprint density at radius 3 is 2.48 bits per heavy atom. The van der Waals surface area contributed by atoms with E-state index in [2.05, 4.69) is 26.8 Å². The van der Waals surface area contributed by atoms with Gasteiger partial charge in [-0.15, -0.1) is 0 Å². The molecule has 5 rings (SSSR count). The van der Waals surface area contributed by atoms with E-state index in [4.69, 9.17) is 25.8 Å². The van der Waals surface area contributed by atoms with Crippen LogP contribution in [0.2, 0.25) is 5.02 Å². The number of pyridine rings is 1. The average molecular weight is 658 g/mol. The monoisotopic (exact) mass is 657 g/mol. The van der Waals surface area contributed by atoms with Crippen LogP contribution < -0.4 is 19.5 Å². The van der Waals surface area contributed by atoms with Crippen molar-refractivity contribution in [3.63, 3.8) is 0 Å².